The van der Waals surface area contributed by atoms with E-state index in [1.165, 1.54) is 0 Å². The van der Waals surface area contributed by atoms with Gasteiger partial charge in [0.15, 0.2) is 5.78 Å². The van der Waals surface area contributed by atoms with E-state index in [-0.39, 0.29) is 28.4 Å². The summed E-state index contributed by atoms with van der Waals surface area (Å²) in [5, 5.41) is 40.6. The summed E-state index contributed by atoms with van der Waals surface area (Å²) in [6.07, 6.45) is 10.2. The predicted molar refractivity (Wildman–Crippen MR) is 140 cm³/mol. The Labute approximate surface area is 215 Å². The zero-order chi connectivity index (χ0) is 27.3. The van der Waals surface area contributed by atoms with Crippen LogP contribution in [0, 0.1) is 28.1 Å². The van der Waals surface area contributed by atoms with Crippen LogP contribution in [0.25, 0.3) is 0 Å². The van der Waals surface area contributed by atoms with Crippen LogP contribution in [-0.2, 0) is 9.59 Å². The third kappa shape index (κ3) is 4.68. The van der Waals surface area contributed by atoms with Crippen molar-refractivity contribution in [3.05, 3.63) is 47.1 Å². The van der Waals surface area contributed by atoms with Gasteiger partial charge in [-0.05, 0) is 83.1 Å². The molecule has 6 nitrogen and oxygen atoms in total. The smallest absolute Gasteiger partial charge is 0.312 e. The zero-order valence-corrected chi connectivity index (χ0v) is 22.8. The van der Waals surface area contributed by atoms with Gasteiger partial charge in [0.25, 0.3) is 0 Å². The van der Waals surface area contributed by atoms with E-state index in [1.54, 1.807) is 32.9 Å². The molecule has 0 heterocycles. The Morgan fingerprint density at radius 1 is 1.08 bits per heavy atom. The highest BCUT2D eigenvalue weighted by atomic mass is 16.4. The van der Waals surface area contributed by atoms with Gasteiger partial charge in [0, 0.05) is 17.4 Å². The van der Waals surface area contributed by atoms with Crippen molar-refractivity contribution in [2.45, 2.75) is 98.4 Å². The maximum absolute atomic E-state index is 13.4. The second-order valence-corrected chi connectivity index (χ2v) is 12.6. The number of ketones is 1. The van der Waals surface area contributed by atoms with Gasteiger partial charge in [-0.25, -0.2) is 0 Å². The highest BCUT2D eigenvalue weighted by Crippen LogP contribution is 2.69. The molecule has 2 unspecified atom stereocenters. The number of fused-ring (bicyclic) bond motifs is 3. The summed E-state index contributed by atoms with van der Waals surface area (Å²) in [5.41, 5.74) is -0.392. The fraction of sp³-hybridized carbons (Fsp3) is 0.667. The first-order valence-electron chi connectivity index (χ1n) is 13.1. The van der Waals surface area contributed by atoms with E-state index >= 15 is 0 Å². The Hall–Kier alpha value is -2.02. The molecule has 200 valence electrons. The second kappa shape index (κ2) is 9.70. The second-order valence-electron chi connectivity index (χ2n) is 12.6. The van der Waals surface area contributed by atoms with Crippen LogP contribution in [0.3, 0.4) is 0 Å². The molecule has 0 saturated heterocycles. The summed E-state index contributed by atoms with van der Waals surface area (Å²) in [7, 11) is 0. The quantitative estimate of drug-likeness (QED) is 0.309. The molecule has 0 amide bonds. The SMILES string of the molecule is CC(/C=C/C=C(C)/C=C/C(O)C(C)(C)O)=C1/C(=O)C[C@H]2[C@@]3(C)CC[C@@H](O)[C@](C)(C(=O)O)C3CC[C@]12C. The van der Waals surface area contributed by atoms with Crippen LogP contribution in [0.1, 0.15) is 80.6 Å². The fourth-order valence-corrected chi connectivity index (χ4v) is 7.52. The van der Waals surface area contributed by atoms with E-state index < -0.39 is 29.2 Å². The Morgan fingerprint density at radius 3 is 2.31 bits per heavy atom. The maximum Gasteiger partial charge on any atom is 0.312 e. The molecule has 4 N–H and O–H groups in total. The van der Waals surface area contributed by atoms with E-state index in [0.717, 1.165) is 29.6 Å². The van der Waals surface area contributed by atoms with E-state index in [4.69, 9.17) is 0 Å². The van der Waals surface area contributed by atoms with Gasteiger partial charge in [-0.15, -0.1) is 0 Å². The average molecular weight is 501 g/mol. The maximum atomic E-state index is 13.4. The lowest BCUT2D eigenvalue weighted by Gasteiger charge is -2.61. The van der Waals surface area contributed by atoms with E-state index in [0.29, 0.717) is 19.3 Å². The molecule has 0 bridgehead atoms. The van der Waals surface area contributed by atoms with Crippen LogP contribution in [-0.4, -0.2) is 50.0 Å². The van der Waals surface area contributed by atoms with E-state index in [1.807, 2.05) is 32.1 Å². The van der Waals surface area contributed by atoms with Crippen LogP contribution in [0.5, 0.6) is 0 Å². The number of Topliss-reactive ketones (excluding diaryl/α,β-unsaturated/α-hetero) is 1. The average Bonchev–Trinajstić information content (AvgIpc) is 3.05. The summed E-state index contributed by atoms with van der Waals surface area (Å²) >= 11 is 0. The number of hydrogen-bond acceptors (Lipinski definition) is 5. The highest BCUT2D eigenvalue weighted by molar-refractivity contribution is 6.01. The van der Waals surface area contributed by atoms with Crippen molar-refractivity contribution in [3.8, 4) is 0 Å². The Morgan fingerprint density at radius 2 is 1.72 bits per heavy atom. The number of allylic oxidation sites excluding steroid dienone is 7. The third-order valence-corrected chi connectivity index (χ3v) is 9.75. The van der Waals surface area contributed by atoms with Crippen LogP contribution >= 0.6 is 0 Å². The summed E-state index contributed by atoms with van der Waals surface area (Å²) in [6, 6.07) is 0. The van der Waals surface area contributed by atoms with Gasteiger partial charge >= 0.3 is 5.97 Å². The predicted octanol–water partition coefficient (Wildman–Crippen LogP) is 4.75. The number of aliphatic carboxylic acids is 1. The molecule has 3 aliphatic carbocycles. The fourth-order valence-electron chi connectivity index (χ4n) is 7.52. The van der Waals surface area contributed by atoms with Gasteiger partial charge in [-0.3, -0.25) is 9.59 Å². The number of aliphatic hydroxyl groups is 3. The minimum Gasteiger partial charge on any atom is -0.481 e. The van der Waals surface area contributed by atoms with Crippen LogP contribution in [0.2, 0.25) is 0 Å². The molecular weight excluding hydrogens is 456 g/mol. The normalized spacial score (nSPS) is 39.9. The number of carbonyl (C=O) groups is 2. The van der Waals surface area contributed by atoms with E-state index in [2.05, 4.69) is 13.8 Å². The molecule has 0 aromatic heterocycles. The molecule has 0 spiro atoms. The molecule has 6 heteroatoms. The van der Waals surface area contributed by atoms with Crippen molar-refractivity contribution in [1.29, 1.82) is 0 Å². The summed E-state index contributed by atoms with van der Waals surface area (Å²) in [5.74, 6) is -0.933. The first kappa shape index (κ1) is 28.5. The van der Waals surface area contributed by atoms with Crippen LogP contribution in [0.15, 0.2) is 47.1 Å². The van der Waals surface area contributed by atoms with Gasteiger partial charge in [0.05, 0.1) is 17.1 Å². The Balaban J connectivity index is 1.89. The van der Waals surface area contributed by atoms with Crippen molar-refractivity contribution < 1.29 is 30.0 Å². The molecular formula is C30H44O6. The molecule has 3 saturated carbocycles. The topological polar surface area (TPSA) is 115 Å². The number of carbonyl (C=O) groups excluding carboxylic acids is 1. The minimum absolute atomic E-state index is 0.0457. The molecule has 0 aromatic rings. The van der Waals surface area contributed by atoms with Gasteiger partial charge in [-0.1, -0.05) is 49.8 Å². The monoisotopic (exact) mass is 500 g/mol. The zero-order valence-electron chi connectivity index (χ0n) is 22.8. The van der Waals surface area contributed by atoms with Crippen molar-refractivity contribution in [2.24, 2.45) is 28.1 Å². The molecule has 0 radical (unpaired) electrons. The van der Waals surface area contributed by atoms with E-state index in [9.17, 15) is 30.0 Å². The van der Waals surface area contributed by atoms with Crippen molar-refractivity contribution in [3.63, 3.8) is 0 Å². The summed E-state index contributed by atoms with van der Waals surface area (Å²) < 4.78 is 0. The van der Waals surface area contributed by atoms with Crippen LogP contribution < -0.4 is 0 Å². The summed E-state index contributed by atoms with van der Waals surface area (Å²) in [6.45, 7) is 13.0. The number of rotatable bonds is 6. The first-order chi connectivity index (χ1) is 16.5. The molecule has 3 aliphatic rings. The Bertz CT molecular complexity index is 1030. The third-order valence-electron chi connectivity index (χ3n) is 9.75. The Kier molecular flexibility index (Phi) is 7.69. The number of carboxylic acids is 1. The summed E-state index contributed by atoms with van der Waals surface area (Å²) in [4.78, 5) is 25.7. The lowest BCUT2D eigenvalue weighted by atomic mass is 9.43. The lowest BCUT2D eigenvalue weighted by Crippen LogP contribution is -2.61. The van der Waals surface area contributed by atoms with Crippen molar-refractivity contribution >= 4 is 11.8 Å². The molecule has 3 rings (SSSR count). The van der Waals surface area contributed by atoms with Gasteiger partial charge in [0.2, 0.25) is 0 Å². The number of hydrogen-bond donors (Lipinski definition) is 4. The van der Waals surface area contributed by atoms with Crippen molar-refractivity contribution in [2.75, 3.05) is 0 Å². The lowest BCUT2D eigenvalue weighted by molar-refractivity contribution is -0.194. The van der Waals surface area contributed by atoms with Gasteiger partial charge < -0.3 is 20.4 Å². The van der Waals surface area contributed by atoms with Crippen LogP contribution in [0.4, 0.5) is 0 Å². The number of aliphatic hydroxyl groups excluding tert-OH is 2. The standard InChI is InChI=1S/C30H44O6/c1-18(11-12-23(32)27(3,4)36)9-8-10-19(2)25-20(31)17-22-28(5)16-14-24(33)30(7,26(34)35)21(28)13-15-29(22,25)6/h8-12,21-24,32-33,36H,13-17H2,1-7H3,(H,34,35)/b10-8+,12-11+,18-9+,25-19+/t21?,22-,23?,24+,28-,29-,30+/m0/s1. The molecule has 36 heavy (non-hydrogen) atoms. The van der Waals surface area contributed by atoms with Gasteiger partial charge in [0.1, 0.15) is 6.10 Å². The molecule has 0 aliphatic heterocycles. The first-order valence-corrected chi connectivity index (χ1v) is 13.1. The molecule has 7 atom stereocenters. The van der Waals surface area contributed by atoms with Gasteiger partial charge in [-0.2, -0.15) is 0 Å². The molecule has 0 aromatic carbocycles. The highest BCUT2D eigenvalue weighted by Gasteiger charge is 2.67. The minimum atomic E-state index is -1.21. The number of carboxylic acid groups (broad SMARTS) is 1. The van der Waals surface area contributed by atoms with Crippen molar-refractivity contribution in [1.82, 2.24) is 0 Å². The largest absolute Gasteiger partial charge is 0.481 e. The molecule has 3 fully saturated rings.